The predicted molar refractivity (Wildman–Crippen MR) is 64.2 cm³/mol. The van der Waals surface area contributed by atoms with Gasteiger partial charge in [0.15, 0.2) is 0 Å². The third kappa shape index (κ3) is 5.50. The molecule has 1 N–H and O–H groups in total. The molecule has 1 heterocycles. The van der Waals surface area contributed by atoms with Crippen molar-refractivity contribution in [2.75, 3.05) is 39.8 Å². The first-order valence-corrected chi connectivity index (χ1v) is 6.12. The van der Waals surface area contributed by atoms with Gasteiger partial charge in [0.2, 0.25) is 0 Å². The first-order valence-electron chi connectivity index (χ1n) is 6.12. The van der Waals surface area contributed by atoms with Crippen LogP contribution in [0.5, 0.6) is 0 Å². The highest BCUT2D eigenvalue weighted by molar-refractivity contribution is 4.70. The lowest BCUT2D eigenvalue weighted by atomic mass is 10.1. The standard InChI is InChI=1S/C12H26N2O/c1-12(2,15-3)6-7-13-8-11-14-9-4-5-10-14/h13H,4-11H2,1-3H3. The van der Waals surface area contributed by atoms with Crippen LogP contribution in [-0.4, -0.2) is 50.3 Å². The van der Waals surface area contributed by atoms with Gasteiger partial charge in [-0.1, -0.05) is 0 Å². The molecule has 0 aliphatic carbocycles. The van der Waals surface area contributed by atoms with Crippen molar-refractivity contribution in [3.05, 3.63) is 0 Å². The Morgan fingerprint density at radius 1 is 1.20 bits per heavy atom. The van der Waals surface area contributed by atoms with E-state index >= 15 is 0 Å². The van der Waals surface area contributed by atoms with Crippen molar-refractivity contribution in [1.82, 2.24) is 10.2 Å². The first-order chi connectivity index (χ1) is 7.14. The van der Waals surface area contributed by atoms with E-state index in [-0.39, 0.29) is 5.60 Å². The summed E-state index contributed by atoms with van der Waals surface area (Å²) in [6, 6.07) is 0. The zero-order chi connectivity index (χ0) is 11.1. The lowest BCUT2D eigenvalue weighted by Gasteiger charge is -2.23. The zero-order valence-corrected chi connectivity index (χ0v) is 10.5. The maximum atomic E-state index is 5.37. The van der Waals surface area contributed by atoms with Crippen LogP contribution in [0.4, 0.5) is 0 Å². The minimum atomic E-state index is 0.0145. The monoisotopic (exact) mass is 214 g/mol. The van der Waals surface area contributed by atoms with Crippen LogP contribution in [0.3, 0.4) is 0 Å². The topological polar surface area (TPSA) is 24.5 Å². The summed E-state index contributed by atoms with van der Waals surface area (Å²) in [5.74, 6) is 0. The molecule has 0 spiro atoms. The van der Waals surface area contributed by atoms with Crippen LogP contribution in [0.1, 0.15) is 33.1 Å². The second-order valence-corrected chi connectivity index (χ2v) is 5.01. The van der Waals surface area contributed by atoms with Gasteiger partial charge in [-0.25, -0.2) is 0 Å². The van der Waals surface area contributed by atoms with E-state index < -0.39 is 0 Å². The summed E-state index contributed by atoms with van der Waals surface area (Å²) >= 11 is 0. The molecule has 15 heavy (non-hydrogen) atoms. The first kappa shape index (κ1) is 12.9. The van der Waals surface area contributed by atoms with Crippen LogP contribution >= 0.6 is 0 Å². The van der Waals surface area contributed by atoms with E-state index in [0.29, 0.717) is 0 Å². The smallest absolute Gasteiger partial charge is 0.0634 e. The van der Waals surface area contributed by atoms with Gasteiger partial charge in [-0.2, -0.15) is 0 Å². The summed E-state index contributed by atoms with van der Waals surface area (Å²) in [5.41, 5.74) is 0.0145. The lowest BCUT2D eigenvalue weighted by molar-refractivity contribution is 0.0158. The molecule has 0 saturated carbocycles. The maximum absolute atomic E-state index is 5.37. The van der Waals surface area contributed by atoms with Crippen molar-refractivity contribution >= 4 is 0 Å². The molecule has 1 saturated heterocycles. The van der Waals surface area contributed by atoms with Gasteiger partial charge < -0.3 is 15.0 Å². The number of hydrogen-bond donors (Lipinski definition) is 1. The average molecular weight is 214 g/mol. The Kier molecular flexibility index (Phi) is 5.58. The van der Waals surface area contributed by atoms with Gasteiger partial charge in [0, 0.05) is 20.2 Å². The summed E-state index contributed by atoms with van der Waals surface area (Å²) in [5, 5.41) is 3.48. The minimum absolute atomic E-state index is 0.0145. The Morgan fingerprint density at radius 3 is 2.47 bits per heavy atom. The number of nitrogens with zero attached hydrogens (tertiary/aromatic N) is 1. The van der Waals surface area contributed by atoms with E-state index in [1.54, 1.807) is 7.11 Å². The van der Waals surface area contributed by atoms with Crippen LogP contribution in [0, 0.1) is 0 Å². The van der Waals surface area contributed by atoms with Gasteiger partial charge in [-0.05, 0) is 52.7 Å². The fourth-order valence-corrected chi connectivity index (χ4v) is 1.86. The number of hydrogen-bond acceptors (Lipinski definition) is 3. The Hall–Kier alpha value is -0.120. The van der Waals surface area contributed by atoms with Crippen molar-refractivity contribution in [2.45, 2.75) is 38.7 Å². The second kappa shape index (κ2) is 6.46. The van der Waals surface area contributed by atoms with Crippen molar-refractivity contribution in [2.24, 2.45) is 0 Å². The molecular formula is C12H26N2O. The molecule has 90 valence electrons. The Bertz CT molecular complexity index is 165. The van der Waals surface area contributed by atoms with Gasteiger partial charge in [0.25, 0.3) is 0 Å². The van der Waals surface area contributed by atoms with E-state index in [4.69, 9.17) is 4.74 Å². The summed E-state index contributed by atoms with van der Waals surface area (Å²) in [6.07, 6.45) is 3.84. The zero-order valence-electron chi connectivity index (χ0n) is 10.5. The highest BCUT2D eigenvalue weighted by Crippen LogP contribution is 2.11. The normalized spacial score (nSPS) is 18.6. The maximum Gasteiger partial charge on any atom is 0.0634 e. The van der Waals surface area contributed by atoms with E-state index in [0.717, 1.165) is 19.5 Å². The Morgan fingerprint density at radius 2 is 1.87 bits per heavy atom. The predicted octanol–water partition coefficient (Wildman–Crippen LogP) is 1.49. The van der Waals surface area contributed by atoms with E-state index in [2.05, 4.69) is 24.1 Å². The third-order valence-corrected chi connectivity index (χ3v) is 3.26. The second-order valence-electron chi connectivity index (χ2n) is 5.01. The lowest BCUT2D eigenvalue weighted by Crippen LogP contribution is -2.33. The Labute approximate surface area is 94.2 Å². The van der Waals surface area contributed by atoms with Gasteiger partial charge >= 0.3 is 0 Å². The Balaban J connectivity index is 1.92. The summed E-state index contributed by atoms with van der Waals surface area (Å²) in [4.78, 5) is 2.54. The van der Waals surface area contributed by atoms with E-state index in [1.807, 2.05) is 0 Å². The molecule has 3 nitrogen and oxygen atoms in total. The van der Waals surface area contributed by atoms with Crippen molar-refractivity contribution < 1.29 is 4.74 Å². The van der Waals surface area contributed by atoms with Crippen LogP contribution in [0.15, 0.2) is 0 Å². The molecule has 1 aliphatic rings. The van der Waals surface area contributed by atoms with E-state index in [9.17, 15) is 0 Å². The van der Waals surface area contributed by atoms with Crippen LogP contribution < -0.4 is 5.32 Å². The third-order valence-electron chi connectivity index (χ3n) is 3.26. The molecule has 1 rings (SSSR count). The largest absolute Gasteiger partial charge is 0.379 e. The summed E-state index contributed by atoms with van der Waals surface area (Å²) < 4.78 is 5.37. The SMILES string of the molecule is COC(C)(C)CCNCCN1CCCC1. The van der Waals surface area contributed by atoms with Gasteiger partial charge in [0.1, 0.15) is 0 Å². The van der Waals surface area contributed by atoms with Gasteiger partial charge in [-0.3, -0.25) is 0 Å². The van der Waals surface area contributed by atoms with Gasteiger partial charge in [-0.15, -0.1) is 0 Å². The van der Waals surface area contributed by atoms with Crippen LogP contribution in [0.2, 0.25) is 0 Å². The van der Waals surface area contributed by atoms with Crippen molar-refractivity contribution in [3.63, 3.8) is 0 Å². The molecule has 0 unspecified atom stereocenters. The molecule has 0 aromatic rings. The number of ether oxygens (including phenoxy) is 1. The van der Waals surface area contributed by atoms with Crippen LogP contribution in [0.25, 0.3) is 0 Å². The van der Waals surface area contributed by atoms with Crippen molar-refractivity contribution in [1.29, 1.82) is 0 Å². The summed E-state index contributed by atoms with van der Waals surface area (Å²) in [6.45, 7) is 10.2. The molecule has 0 amide bonds. The molecule has 3 heteroatoms. The number of likely N-dealkylation sites (tertiary alicyclic amines) is 1. The fourth-order valence-electron chi connectivity index (χ4n) is 1.86. The number of rotatable bonds is 7. The molecule has 0 aromatic heterocycles. The molecular weight excluding hydrogens is 188 g/mol. The molecule has 0 bridgehead atoms. The molecule has 1 fully saturated rings. The fraction of sp³-hybridized carbons (Fsp3) is 1.00. The molecule has 0 radical (unpaired) electrons. The highest BCUT2D eigenvalue weighted by atomic mass is 16.5. The van der Waals surface area contributed by atoms with Crippen molar-refractivity contribution in [3.8, 4) is 0 Å². The molecule has 0 atom stereocenters. The highest BCUT2D eigenvalue weighted by Gasteiger charge is 2.15. The molecule has 0 aromatic carbocycles. The number of methoxy groups -OCH3 is 1. The van der Waals surface area contributed by atoms with Crippen LogP contribution in [-0.2, 0) is 4.74 Å². The van der Waals surface area contributed by atoms with E-state index in [1.165, 1.54) is 32.5 Å². The number of nitrogens with one attached hydrogen (secondary N) is 1. The average Bonchev–Trinajstić information content (AvgIpc) is 2.70. The minimum Gasteiger partial charge on any atom is -0.379 e. The summed E-state index contributed by atoms with van der Waals surface area (Å²) in [7, 11) is 1.78. The quantitative estimate of drug-likeness (QED) is 0.650. The van der Waals surface area contributed by atoms with Gasteiger partial charge in [0.05, 0.1) is 5.60 Å². The molecule has 1 aliphatic heterocycles.